The molecule has 1 fully saturated rings. The van der Waals surface area contributed by atoms with Crippen molar-refractivity contribution in [3.8, 4) is 0 Å². The Morgan fingerprint density at radius 1 is 1.25 bits per heavy atom. The molecule has 1 aliphatic heterocycles. The third-order valence-electron chi connectivity index (χ3n) is 2.58. The normalized spacial score (nSPS) is 21.6. The first-order chi connectivity index (χ1) is 7.57. The van der Waals surface area contributed by atoms with Crippen LogP contribution in [0.3, 0.4) is 0 Å². The quantitative estimate of drug-likeness (QED) is 0.665. The van der Waals surface area contributed by atoms with E-state index in [0.717, 1.165) is 12.1 Å². The molecule has 1 saturated heterocycles. The first-order valence-corrected chi connectivity index (χ1v) is 5.98. The van der Waals surface area contributed by atoms with Crippen LogP contribution in [0.25, 0.3) is 0 Å². The summed E-state index contributed by atoms with van der Waals surface area (Å²) in [5, 5.41) is 2.93. The van der Waals surface area contributed by atoms with E-state index >= 15 is 0 Å². The van der Waals surface area contributed by atoms with Crippen LogP contribution in [0, 0.1) is 5.41 Å². The molecule has 0 atom stereocenters. The van der Waals surface area contributed by atoms with E-state index < -0.39 is 0 Å². The van der Waals surface area contributed by atoms with Gasteiger partial charge in [-0.1, -0.05) is 52.0 Å². The van der Waals surface area contributed by atoms with E-state index in [-0.39, 0.29) is 11.3 Å². The van der Waals surface area contributed by atoms with Gasteiger partial charge in [-0.3, -0.25) is 4.79 Å². The van der Waals surface area contributed by atoms with Gasteiger partial charge in [0, 0.05) is 17.5 Å². The van der Waals surface area contributed by atoms with Crippen LogP contribution in [0.4, 0.5) is 0 Å². The van der Waals surface area contributed by atoms with Gasteiger partial charge in [-0.15, -0.1) is 0 Å². The summed E-state index contributed by atoms with van der Waals surface area (Å²) in [7, 11) is 0. The van der Waals surface area contributed by atoms with Gasteiger partial charge in [-0.25, -0.2) is 0 Å². The Morgan fingerprint density at radius 2 is 1.94 bits per heavy atom. The molecule has 0 aromatic heterocycles. The first kappa shape index (κ1) is 12.8. The van der Waals surface area contributed by atoms with Crippen molar-refractivity contribution in [1.29, 1.82) is 0 Å². The molecule has 2 rings (SSSR count). The second-order valence-corrected chi connectivity index (χ2v) is 4.48. The van der Waals surface area contributed by atoms with Gasteiger partial charge in [0.05, 0.1) is 0 Å². The van der Waals surface area contributed by atoms with Crippen molar-refractivity contribution in [3.63, 3.8) is 0 Å². The minimum atomic E-state index is 0.0260. The van der Waals surface area contributed by atoms with E-state index in [2.05, 4.69) is 43.5 Å². The van der Waals surface area contributed by atoms with E-state index in [0.29, 0.717) is 6.42 Å². The highest BCUT2D eigenvalue weighted by Gasteiger charge is 2.21. The molecule has 0 aromatic carbocycles. The molecule has 2 nitrogen and oxygen atoms in total. The molecule has 88 valence electrons. The van der Waals surface area contributed by atoms with Gasteiger partial charge in [0.1, 0.15) is 0 Å². The Bertz CT molecular complexity index is 359. The number of nitrogens with one attached hydrogen (secondary N) is 1. The molecule has 0 saturated carbocycles. The maximum absolute atomic E-state index is 11.2. The van der Waals surface area contributed by atoms with Crippen LogP contribution in [0.2, 0.25) is 0 Å². The number of allylic oxidation sites excluding steroid dienone is 5. The maximum atomic E-state index is 11.2. The lowest BCUT2D eigenvalue weighted by atomic mass is 9.91. The van der Waals surface area contributed by atoms with Crippen LogP contribution < -0.4 is 5.32 Å². The standard InChI is InChI=1S/C12H15NO.C2H6/c1-12(2)7-3-4-9-5-6-11(14)13-10(9)8-12;1-2/h3-4,7-8H,5-6H2,1-2H3,(H,13,14);1-2H3. The minimum Gasteiger partial charge on any atom is -0.326 e. The summed E-state index contributed by atoms with van der Waals surface area (Å²) in [4.78, 5) is 11.2. The summed E-state index contributed by atoms with van der Waals surface area (Å²) < 4.78 is 0. The molecule has 0 aromatic rings. The minimum absolute atomic E-state index is 0.0260. The Balaban J connectivity index is 0.000000606. The Labute approximate surface area is 98.1 Å². The lowest BCUT2D eigenvalue weighted by Gasteiger charge is -2.21. The topological polar surface area (TPSA) is 29.1 Å². The number of fused-ring (bicyclic) bond motifs is 1. The number of piperidine rings is 1. The van der Waals surface area contributed by atoms with Crippen LogP contribution in [0.15, 0.2) is 35.6 Å². The van der Waals surface area contributed by atoms with Crippen molar-refractivity contribution >= 4 is 5.91 Å². The fraction of sp³-hybridized carbons (Fsp3) is 0.500. The van der Waals surface area contributed by atoms with Crippen molar-refractivity contribution in [1.82, 2.24) is 5.32 Å². The van der Waals surface area contributed by atoms with E-state index in [1.165, 1.54) is 5.57 Å². The van der Waals surface area contributed by atoms with Crippen molar-refractivity contribution in [2.45, 2.75) is 40.5 Å². The molecule has 1 amide bonds. The van der Waals surface area contributed by atoms with Gasteiger partial charge < -0.3 is 5.32 Å². The average Bonchev–Trinajstić information content (AvgIpc) is 2.37. The number of rotatable bonds is 0. The SMILES string of the molecule is CC.CC1(C)C=CC=C2CCC(=O)NC2=C1. The number of hydrogen-bond donors (Lipinski definition) is 1. The van der Waals surface area contributed by atoms with Crippen molar-refractivity contribution in [2.75, 3.05) is 0 Å². The predicted molar refractivity (Wildman–Crippen MR) is 67.8 cm³/mol. The van der Waals surface area contributed by atoms with Crippen LogP contribution in [0.5, 0.6) is 0 Å². The van der Waals surface area contributed by atoms with Crippen LogP contribution in [-0.4, -0.2) is 5.91 Å². The average molecular weight is 219 g/mol. The zero-order valence-electron chi connectivity index (χ0n) is 10.6. The zero-order chi connectivity index (χ0) is 12.2. The first-order valence-electron chi connectivity index (χ1n) is 5.98. The van der Waals surface area contributed by atoms with Gasteiger partial charge in [0.15, 0.2) is 0 Å². The Hall–Kier alpha value is -1.31. The second kappa shape index (κ2) is 5.15. The van der Waals surface area contributed by atoms with Gasteiger partial charge in [0.25, 0.3) is 0 Å². The molecule has 1 N–H and O–H groups in total. The Morgan fingerprint density at radius 3 is 2.62 bits per heavy atom. The van der Waals surface area contributed by atoms with Crippen molar-refractivity contribution < 1.29 is 4.79 Å². The number of hydrogen-bond acceptors (Lipinski definition) is 1. The maximum Gasteiger partial charge on any atom is 0.224 e. The van der Waals surface area contributed by atoms with Crippen LogP contribution in [0.1, 0.15) is 40.5 Å². The summed E-state index contributed by atoms with van der Waals surface area (Å²) >= 11 is 0. The van der Waals surface area contributed by atoms with Crippen LogP contribution >= 0.6 is 0 Å². The van der Waals surface area contributed by atoms with E-state index in [1.807, 2.05) is 13.8 Å². The number of carbonyl (C=O) groups excluding carboxylic acids is 1. The summed E-state index contributed by atoms with van der Waals surface area (Å²) in [6.45, 7) is 8.27. The Kier molecular flexibility index (Phi) is 4.11. The van der Waals surface area contributed by atoms with E-state index in [1.54, 1.807) is 0 Å². The van der Waals surface area contributed by atoms with E-state index in [9.17, 15) is 4.79 Å². The predicted octanol–water partition coefficient (Wildman–Crippen LogP) is 3.33. The summed E-state index contributed by atoms with van der Waals surface area (Å²) in [5.74, 6) is 0.131. The molecule has 2 aliphatic rings. The third-order valence-corrected chi connectivity index (χ3v) is 2.58. The van der Waals surface area contributed by atoms with Gasteiger partial charge in [-0.2, -0.15) is 0 Å². The molecule has 1 aliphatic carbocycles. The molecule has 0 unspecified atom stereocenters. The second-order valence-electron chi connectivity index (χ2n) is 4.48. The number of amides is 1. The molecule has 0 bridgehead atoms. The fourth-order valence-electron chi connectivity index (χ4n) is 1.81. The molecule has 0 spiro atoms. The third kappa shape index (κ3) is 3.09. The number of carbonyl (C=O) groups is 1. The fourth-order valence-corrected chi connectivity index (χ4v) is 1.81. The monoisotopic (exact) mass is 219 g/mol. The van der Waals surface area contributed by atoms with Gasteiger partial charge >= 0.3 is 0 Å². The van der Waals surface area contributed by atoms with Gasteiger partial charge in [0.2, 0.25) is 5.91 Å². The largest absolute Gasteiger partial charge is 0.326 e. The molecule has 1 heterocycles. The summed E-state index contributed by atoms with van der Waals surface area (Å²) in [6, 6.07) is 0. The summed E-state index contributed by atoms with van der Waals surface area (Å²) in [5.41, 5.74) is 2.26. The highest BCUT2D eigenvalue weighted by atomic mass is 16.1. The highest BCUT2D eigenvalue weighted by Crippen LogP contribution is 2.29. The van der Waals surface area contributed by atoms with Crippen molar-refractivity contribution in [2.24, 2.45) is 5.41 Å². The van der Waals surface area contributed by atoms with Crippen molar-refractivity contribution in [3.05, 3.63) is 35.6 Å². The molecule has 2 heteroatoms. The zero-order valence-corrected chi connectivity index (χ0v) is 10.6. The molecule has 0 radical (unpaired) electrons. The summed E-state index contributed by atoms with van der Waals surface area (Å²) in [6.07, 6.45) is 9.92. The smallest absolute Gasteiger partial charge is 0.224 e. The lowest BCUT2D eigenvalue weighted by Crippen LogP contribution is -2.29. The molecular formula is C14H21NO. The van der Waals surface area contributed by atoms with Gasteiger partial charge in [-0.05, 0) is 12.0 Å². The van der Waals surface area contributed by atoms with E-state index in [4.69, 9.17) is 0 Å². The van der Waals surface area contributed by atoms with Crippen LogP contribution in [-0.2, 0) is 4.79 Å². The lowest BCUT2D eigenvalue weighted by molar-refractivity contribution is -0.120. The molecular weight excluding hydrogens is 198 g/mol. The highest BCUT2D eigenvalue weighted by molar-refractivity contribution is 5.81. The molecule has 16 heavy (non-hydrogen) atoms.